The maximum Gasteiger partial charge on any atom is 0.164 e. The first-order valence-corrected chi connectivity index (χ1v) is 8.71. The first-order valence-electron chi connectivity index (χ1n) is 8.71. The summed E-state index contributed by atoms with van der Waals surface area (Å²) in [6.07, 6.45) is 4.48. The van der Waals surface area contributed by atoms with Gasteiger partial charge in [0.05, 0.1) is 23.8 Å². The van der Waals surface area contributed by atoms with Gasteiger partial charge in [-0.2, -0.15) is 5.10 Å². The molecular formula is C18H22N6O2. The van der Waals surface area contributed by atoms with E-state index in [9.17, 15) is 5.11 Å². The van der Waals surface area contributed by atoms with E-state index in [2.05, 4.69) is 15.1 Å². The van der Waals surface area contributed by atoms with Crippen LogP contribution in [0, 0.1) is 0 Å². The lowest BCUT2D eigenvalue weighted by molar-refractivity contribution is -0.0386. The van der Waals surface area contributed by atoms with Gasteiger partial charge in [0.15, 0.2) is 11.5 Å². The van der Waals surface area contributed by atoms with E-state index in [-0.39, 0.29) is 12.2 Å². The van der Waals surface area contributed by atoms with E-state index >= 15 is 0 Å². The van der Waals surface area contributed by atoms with E-state index in [1.54, 1.807) is 23.3 Å². The van der Waals surface area contributed by atoms with Crippen LogP contribution in [0.15, 0.2) is 30.7 Å². The normalized spacial score (nSPS) is 20.4. The van der Waals surface area contributed by atoms with Gasteiger partial charge in [0, 0.05) is 38.1 Å². The number of fused-ring (bicyclic) bond motifs is 1. The summed E-state index contributed by atoms with van der Waals surface area (Å²) >= 11 is 0. The van der Waals surface area contributed by atoms with Gasteiger partial charge in [0.25, 0.3) is 0 Å². The van der Waals surface area contributed by atoms with Gasteiger partial charge in [0.2, 0.25) is 0 Å². The average molecular weight is 354 g/mol. The third-order valence-corrected chi connectivity index (χ3v) is 4.49. The molecule has 1 N–H and O–H groups in total. The topological polar surface area (TPSA) is 89.2 Å². The number of aromatic nitrogens is 5. The zero-order chi connectivity index (χ0) is 18.3. The Bertz CT molecular complexity index is 911. The summed E-state index contributed by atoms with van der Waals surface area (Å²) in [6, 6.07) is 3.76. The first-order chi connectivity index (χ1) is 12.5. The number of ether oxygens (including phenoxy) is 1. The predicted octanol–water partition coefficient (Wildman–Crippen LogP) is 1.40. The third kappa shape index (κ3) is 3.02. The minimum Gasteiger partial charge on any atom is -0.388 e. The van der Waals surface area contributed by atoms with Gasteiger partial charge in [-0.1, -0.05) is 0 Å². The Hall–Kier alpha value is -2.58. The molecule has 0 amide bonds. The van der Waals surface area contributed by atoms with E-state index in [1.165, 1.54) is 0 Å². The second kappa shape index (κ2) is 6.62. The Kier molecular flexibility index (Phi) is 4.29. The van der Waals surface area contributed by atoms with Crippen LogP contribution in [0.2, 0.25) is 0 Å². The molecule has 8 heteroatoms. The Morgan fingerprint density at radius 2 is 1.96 bits per heavy atom. The molecule has 2 atom stereocenters. The quantitative estimate of drug-likeness (QED) is 0.757. The van der Waals surface area contributed by atoms with E-state index in [0.29, 0.717) is 18.9 Å². The Morgan fingerprint density at radius 1 is 1.19 bits per heavy atom. The Morgan fingerprint density at radius 3 is 2.69 bits per heavy atom. The van der Waals surface area contributed by atoms with Crippen LogP contribution in [0.1, 0.15) is 13.8 Å². The lowest BCUT2D eigenvalue weighted by atomic mass is 10.2. The van der Waals surface area contributed by atoms with Crippen LogP contribution in [0.5, 0.6) is 0 Å². The minimum absolute atomic E-state index is 0.0609. The molecule has 8 nitrogen and oxygen atoms in total. The van der Waals surface area contributed by atoms with Crippen molar-refractivity contribution in [2.45, 2.75) is 32.2 Å². The highest BCUT2D eigenvalue weighted by Gasteiger charge is 2.34. The number of aliphatic hydroxyl groups is 1. The highest BCUT2D eigenvalue weighted by molar-refractivity contribution is 5.88. The zero-order valence-corrected chi connectivity index (χ0v) is 15.1. The average Bonchev–Trinajstić information content (AvgIpc) is 3.18. The van der Waals surface area contributed by atoms with Crippen LogP contribution in [-0.4, -0.2) is 61.2 Å². The number of hydrogen-bond acceptors (Lipinski definition) is 7. The molecule has 4 rings (SSSR count). The van der Waals surface area contributed by atoms with Crippen molar-refractivity contribution in [2.75, 3.05) is 18.0 Å². The van der Waals surface area contributed by atoms with E-state index in [1.807, 2.05) is 37.9 Å². The summed E-state index contributed by atoms with van der Waals surface area (Å²) in [4.78, 5) is 15.6. The van der Waals surface area contributed by atoms with Gasteiger partial charge in [0.1, 0.15) is 11.9 Å². The molecule has 0 bridgehead atoms. The number of aryl methyl sites for hydroxylation is 1. The summed E-state index contributed by atoms with van der Waals surface area (Å²) in [5, 5.41) is 15.6. The van der Waals surface area contributed by atoms with Crippen molar-refractivity contribution < 1.29 is 9.84 Å². The van der Waals surface area contributed by atoms with Crippen molar-refractivity contribution in [3.63, 3.8) is 0 Å². The van der Waals surface area contributed by atoms with Crippen molar-refractivity contribution in [3.8, 4) is 11.4 Å². The van der Waals surface area contributed by atoms with E-state index in [4.69, 9.17) is 9.72 Å². The Balaban J connectivity index is 1.77. The highest BCUT2D eigenvalue weighted by Crippen LogP contribution is 2.30. The summed E-state index contributed by atoms with van der Waals surface area (Å²) in [6.45, 7) is 4.99. The molecule has 0 saturated carbocycles. The molecule has 3 aromatic rings. The SMILES string of the molecule is CC(C)O[C@H]1CN(c2nc(-c3ccncc3)nc3c2cnn3C)C[C@@H]1O. The summed E-state index contributed by atoms with van der Waals surface area (Å²) in [5.74, 6) is 1.38. The lowest BCUT2D eigenvalue weighted by Crippen LogP contribution is -2.29. The first kappa shape index (κ1) is 16.9. The number of rotatable bonds is 4. The van der Waals surface area contributed by atoms with Gasteiger partial charge in [-0.3, -0.25) is 9.67 Å². The lowest BCUT2D eigenvalue weighted by Gasteiger charge is -2.19. The number of aliphatic hydroxyl groups excluding tert-OH is 1. The fourth-order valence-corrected chi connectivity index (χ4v) is 3.29. The molecular weight excluding hydrogens is 332 g/mol. The Labute approximate surface area is 151 Å². The molecule has 3 aromatic heterocycles. The van der Waals surface area contributed by atoms with Gasteiger partial charge < -0.3 is 14.7 Å². The largest absolute Gasteiger partial charge is 0.388 e. The number of hydrogen-bond donors (Lipinski definition) is 1. The monoisotopic (exact) mass is 354 g/mol. The van der Waals surface area contributed by atoms with Crippen molar-refractivity contribution in [3.05, 3.63) is 30.7 Å². The van der Waals surface area contributed by atoms with Crippen LogP contribution in [0.25, 0.3) is 22.4 Å². The number of β-amino-alcohol motifs (C(OH)–C–C–N with tert-alkyl or cyclic N) is 1. The van der Waals surface area contributed by atoms with Crippen LogP contribution >= 0.6 is 0 Å². The van der Waals surface area contributed by atoms with Gasteiger partial charge >= 0.3 is 0 Å². The molecule has 136 valence electrons. The van der Waals surface area contributed by atoms with Crippen LogP contribution in [0.3, 0.4) is 0 Å². The van der Waals surface area contributed by atoms with Gasteiger partial charge in [-0.05, 0) is 26.0 Å². The molecule has 1 aliphatic rings. The second-order valence-electron chi connectivity index (χ2n) is 6.81. The third-order valence-electron chi connectivity index (χ3n) is 4.49. The fraction of sp³-hybridized carbons (Fsp3) is 0.444. The maximum absolute atomic E-state index is 10.4. The standard InChI is InChI=1S/C18H22N6O2/c1-11(2)26-15-10-24(9-14(15)25)18-13-8-20-23(3)17(13)21-16(22-18)12-4-6-19-7-5-12/h4-8,11,14-15,25H,9-10H2,1-3H3/t14-,15-/m0/s1. The van der Waals surface area contributed by atoms with Crippen LogP contribution < -0.4 is 4.90 Å². The molecule has 0 unspecified atom stereocenters. The van der Waals surface area contributed by atoms with E-state index < -0.39 is 6.10 Å². The molecule has 26 heavy (non-hydrogen) atoms. The van der Waals surface area contributed by atoms with Crippen molar-refractivity contribution in [1.82, 2.24) is 24.7 Å². The second-order valence-corrected chi connectivity index (χ2v) is 6.81. The molecule has 0 radical (unpaired) electrons. The molecule has 4 heterocycles. The molecule has 0 aromatic carbocycles. The molecule has 1 saturated heterocycles. The molecule has 1 aliphatic heterocycles. The number of pyridine rings is 1. The molecule has 0 spiro atoms. The summed E-state index contributed by atoms with van der Waals surface area (Å²) in [5.41, 5.74) is 1.64. The van der Waals surface area contributed by atoms with Gasteiger partial charge in [-0.15, -0.1) is 0 Å². The zero-order valence-electron chi connectivity index (χ0n) is 15.1. The fourth-order valence-electron chi connectivity index (χ4n) is 3.29. The minimum atomic E-state index is -0.552. The summed E-state index contributed by atoms with van der Waals surface area (Å²) in [7, 11) is 1.86. The summed E-state index contributed by atoms with van der Waals surface area (Å²) < 4.78 is 7.58. The van der Waals surface area contributed by atoms with Crippen LogP contribution in [-0.2, 0) is 11.8 Å². The van der Waals surface area contributed by atoms with Gasteiger partial charge in [-0.25, -0.2) is 9.97 Å². The number of nitrogens with zero attached hydrogens (tertiary/aromatic N) is 6. The molecule has 1 fully saturated rings. The van der Waals surface area contributed by atoms with E-state index in [0.717, 1.165) is 22.4 Å². The smallest absolute Gasteiger partial charge is 0.164 e. The highest BCUT2D eigenvalue weighted by atomic mass is 16.5. The van der Waals surface area contributed by atoms with Crippen molar-refractivity contribution in [2.24, 2.45) is 7.05 Å². The number of anilines is 1. The predicted molar refractivity (Wildman–Crippen MR) is 97.8 cm³/mol. The van der Waals surface area contributed by atoms with Crippen molar-refractivity contribution >= 4 is 16.9 Å². The van der Waals surface area contributed by atoms with Crippen molar-refractivity contribution in [1.29, 1.82) is 0 Å². The van der Waals surface area contributed by atoms with Crippen LogP contribution in [0.4, 0.5) is 5.82 Å². The molecule has 0 aliphatic carbocycles. The maximum atomic E-state index is 10.4.